The molecule has 0 bridgehead atoms. The van der Waals surface area contributed by atoms with Gasteiger partial charge in [-0.25, -0.2) is 18.7 Å². The predicted molar refractivity (Wildman–Crippen MR) is 86.6 cm³/mol. The molecule has 1 aromatic carbocycles. The number of hydrogen-bond acceptors (Lipinski definition) is 7. The van der Waals surface area contributed by atoms with Crippen molar-refractivity contribution in [2.75, 3.05) is 6.26 Å². The van der Waals surface area contributed by atoms with Gasteiger partial charge in [0.15, 0.2) is 11.6 Å². The Morgan fingerprint density at radius 3 is 2.19 bits per heavy atom. The van der Waals surface area contributed by atoms with E-state index in [9.17, 15) is 8.78 Å². The zero-order chi connectivity index (χ0) is 15.6. The molecule has 0 amide bonds. The van der Waals surface area contributed by atoms with E-state index < -0.39 is 11.6 Å². The summed E-state index contributed by atoms with van der Waals surface area (Å²) < 4.78 is 26.9. The summed E-state index contributed by atoms with van der Waals surface area (Å²) in [5, 5.41) is 15.8. The van der Waals surface area contributed by atoms with Crippen molar-refractivity contribution in [1.82, 2.24) is 9.97 Å². The van der Waals surface area contributed by atoms with Crippen LogP contribution in [0.1, 0.15) is 5.69 Å². The number of nitrogens with zero attached hydrogens (tertiary/aromatic N) is 2. The molecule has 0 atom stereocenters. The van der Waals surface area contributed by atoms with Crippen molar-refractivity contribution in [3.05, 3.63) is 29.5 Å². The largest absolute Gasteiger partial charge is 0.288 e. The molecule has 0 spiro atoms. The second-order valence-corrected chi connectivity index (χ2v) is 7.21. The number of fused-ring (bicyclic) bond motifs is 1. The van der Waals surface area contributed by atoms with E-state index >= 15 is 0 Å². The molecule has 0 radical (unpaired) electrons. The van der Waals surface area contributed by atoms with Crippen molar-refractivity contribution >= 4 is 55.1 Å². The standard InChI is InChI=1S/C12H10F2N4S3/c1-5-10(20-12(16)21-11(15)19-2)18-9-4-7(14)6(13)3-8(9)17-5/h3-4,15-16H,1-2H3. The Bertz CT molecular complexity index is 736. The van der Waals surface area contributed by atoms with Gasteiger partial charge in [-0.15, -0.1) is 11.8 Å². The van der Waals surface area contributed by atoms with Crippen LogP contribution in [0.3, 0.4) is 0 Å². The minimum atomic E-state index is -0.981. The van der Waals surface area contributed by atoms with Gasteiger partial charge in [0, 0.05) is 12.1 Å². The zero-order valence-corrected chi connectivity index (χ0v) is 13.5. The predicted octanol–water partition coefficient (Wildman–Crippen LogP) is 4.27. The average molecular weight is 344 g/mol. The van der Waals surface area contributed by atoms with Crippen LogP contribution in [0.2, 0.25) is 0 Å². The maximum absolute atomic E-state index is 13.2. The van der Waals surface area contributed by atoms with Crippen molar-refractivity contribution in [2.24, 2.45) is 0 Å². The van der Waals surface area contributed by atoms with Gasteiger partial charge in [0.1, 0.15) is 13.8 Å². The Morgan fingerprint density at radius 2 is 1.62 bits per heavy atom. The molecule has 2 rings (SSSR count). The highest BCUT2D eigenvalue weighted by Gasteiger charge is 2.13. The van der Waals surface area contributed by atoms with Gasteiger partial charge in [-0.1, -0.05) is 0 Å². The fraction of sp³-hybridized carbons (Fsp3) is 0.167. The van der Waals surface area contributed by atoms with Gasteiger partial charge in [0.25, 0.3) is 0 Å². The van der Waals surface area contributed by atoms with Crippen LogP contribution in [0, 0.1) is 29.4 Å². The van der Waals surface area contributed by atoms with Crippen molar-refractivity contribution in [2.45, 2.75) is 11.9 Å². The third-order valence-corrected chi connectivity index (χ3v) is 5.15. The van der Waals surface area contributed by atoms with E-state index in [4.69, 9.17) is 10.8 Å². The summed E-state index contributed by atoms with van der Waals surface area (Å²) in [5.74, 6) is -1.95. The van der Waals surface area contributed by atoms with E-state index in [1.807, 2.05) is 0 Å². The number of aromatic nitrogens is 2. The van der Waals surface area contributed by atoms with E-state index in [1.54, 1.807) is 13.2 Å². The number of thioether (sulfide) groups is 3. The normalized spacial score (nSPS) is 10.9. The SMILES string of the molecule is CSC(=N)SC(=N)Sc1nc2cc(F)c(F)cc2nc1C. The van der Waals surface area contributed by atoms with E-state index in [0.29, 0.717) is 15.1 Å². The van der Waals surface area contributed by atoms with Crippen molar-refractivity contribution in [3.63, 3.8) is 0 Å². The van der Waals surface area contributed by atoms with Crippen LogP contribution in [0.15, 0.2) is 17.2 Å². The zero-order valence-electron chi connectivity index (χ0n) is 11.0. The summed E-state index contributed by atoms with van der Waals surface area (Å²) in [6, 6.07) is 1.99. The van der Waals surface area contributed by atoms with Gasteiger partial charge in [0.2, 0.25) is 0 Å². The van der Waals surface area contributed by atoms with Gasteiger partial charge in [-0.3, -0.25) is 10.8 Å². The van der Waals surface area contributed by atoms with Crippen molar-refractivity contribution < 1.29 is 8.78 Å². The topological polar surface area (TPSA) is 73.5 Å². The van der Waals surface area contributed by atoms with E-state index in [1.165, 1.54) is 11.8 Å². The van der Waals surface area contributed by atoms with Crippen LogP contribution in [-0.4, -0.2) is 25.0 Å². The monoisotopic (exact) mass is 344 g/mol. The first-order valence-electron chi connectivity index (χ1n) is 5.61. The molecule has 0 saturated carbocycles. The molecule has 1 aromatic heterocycles. The highest BCUT2D eigenvalue weighted by Crippen LogP contribution is 2.29. The molecular weight excluding hydrogens is 334 g/mol. The lowest BCUT2D eigenvalue weighted by molar-refractivity contribution is 0.510. The van der Waals surface area contributed by atoms with Crippen LogP contribution in [0.4, 0.5) is 8.78 Å². The molecule has 110 valence electrons. The maximum atomic E-state index is 13.2. The lowest BCUT2D eigenvalue weighted by atomic mass is 10.3. The first-order valence-corrected chi connectivity index (χ1v) is 8.46. The minimum Gasteiger partial charge on any atom is -0.288 e. The second-order valence-electron chi connectivity index (χ2n) is 3.85. The Morgan fingerprint density at radius 1 is 1.05 bits per heavy atom. The molecule has 0 fully saturated rings. The fourth-order valence-corrected chi connectivity index (χ4v) is 3.53. The lowest BCUT2D eigenvalue weighted by Gasteiger charge is -2.07. The van der Waals surface area contributed by atoms with Gasteiger partial charge in [0.05, 0.1) is 16.7 Å². The van der Waals surface area contributed by atoms with Crippen LogP contribution in [0.25, 0.3) is 11.0 Å². The van der Waals surface area contributed by atoms with Crippen LogP contribution >= 0.6 is 35.3 Å². The third-order valence-electron chi connectivity index (χ3n) is 2.40. The quantitative estimate of drug-likeness (QED) is 0.459. The second kappa shape index (κ2) is 6.71. The molecule has 0 aliphatic heterocycles. The Hall–Kier alpha value is -1.19. The number of rotatable bonds is 1. The molecule has 4 nitrogen and oxygen atoms in total. The molecule has 21 heavy (non-hydrogen) atoms. The van der Waals surface area contributed by atoms with Crippen molar-refractivity contribution in [3.8, 4) is 0 Å². The van der Waals surface area contributed by atoms with Crippen molar-refractivity contribution in [1.29, 1.82) is 10.8 Å². The van der Waals surface area contributed by atoms with Gasteiger partial charge < -0.3 is 0 Å². The van der Waals surface area contributed by atoms with E-state index in [2.05, 4.69) is 9.97 Å². The number of hydrogen-bond donors (Lipinski definition) is 2. The van der Waals surface area contributed by atoms with E-state index in [-0.39, 0.29) is 15.4 Å². The minimum absolute atomic E-state index is 0.175. The van der Waals surface area contributed by atoms with Crippen LogP contribution in [0.5, 0.6) is 0 Å². The number of aryl methyl sites for hydroxylation is 1. The number of halogens is 2. The first-order chi connectivity index (χ1) is 9.90. The molecule has 0 saturated heterocycles. The number of benzene rings is 1. The summed E-state index contributed by atoms with van der Waals surface area (Å²) in [5.41, 5.74) is 1.03. The van der Waals surface area contributed by atoms with Gasteiger partial charge in [-0.05, 0) is 36.7 Å². The highest BCUT2D eigenvalue weighted by molar-refractivity contribution is 8.53. The van der Waals surface area contributed by atoms with Crippen LogP contribution < -0.4 is 0 Å². The summed E-state index contributed by atoms with van der Waals surface area (Å²) in [7, 11) is 0. The molecule has 9 heteroatoms. The van der Waals surface area contributed by atoms with Gasteiger partial charge >= 0.3 is 0 Å². The molecule has 2 N–H and O–H groups in total. The average Bonchev–Trinajstić information content (AvgIpc) is 2.42. The number of nitrogens with one attached hydrogen (secondary N) is 2. The third kappa shape index (κ3) is 3.92. The summed E-state index contributed by atoms with van der Waals surface area (Å²) in [6.45, 7) is 1.69. The fourth-order valence-electron chi connectivity index (χ4n) is 1.45. The maximum Gasteiger partial charge on any atom is 0.161 e. The Kier molecular flexibility index (Phi) is 5.17. The highest BCUT2D eigenvalue weighted by atomic mass is 32.2. The Balaban J connectivity index is 2.32. The molecular formula is C12H10F2N4S3. The lowest BCUT2D eigenvalue weighted by Crippen LogP contribution is -1.97. The summed E-state index contributed by atoms with van der Waals surface area (Å²) in [6.07, 6.45) is 1.76. The van der Waals surface area contributed by atoms with E-state index in [0.717, 1.165) is 35.7 Å². The molecule has 0 unspecified atom stereocenters. The molecule has 2 aromatic rings. The van der Waals surface area contributed by atoms with Gasteiger partial charge in [-0.2, -0.15) is 0 Å². The summed E-state index contributed by atoms with van der Waals surface area (Å²) in [4.78, 5) is 8.39. The molecule has 0 aliphatic carbocycles. The van der Waals surface area contributed by atoms with Crippen LogP contribution in [-0.2, 0) is 0 Å². The Labute approximate surface area is 132 Å². The smallest absolute Gasteiger partial charge is 0.161 e. The first kappa shape index (κ1) is 16.2. The molecule has 1 heterocycles. The summed E-state index contributed by atoms with van der Waals surface area (Å²) >= 11 is 3.28. The molecule has 0 aliphatic rings.